The number of anilines is 1. The summed E-state index contributed by atoms with van der Waals surface area (Å²) in [6.07, 6.45) is 5.32. The van der Waals surface area contributed by atoms with Crippen LogP contribution in [-0.2, 0) is 9.59 Å². The summed E-state index contributed by atoms with van der Waals surface area (Å²) in [6, 6.07) is 4.99. The highest BCUT2D eigenvalue weighted by molar-refractivity contribution is 6.00. The highest BCUT2D eigenvalue weighted by atomic mass is 19.1. The topological polar surface area (TPSA) is 49.4 Å². The second kappa shape index (κ2) is 6.67. The van der Waals surface area contributed by atoms with E-state index in [2.05, 4.69) is 12.2 Å². The van der Waals surface area contributed by atoms with E-state index in [1.54, 1.807) is 12.1 Å². The maximum atomic E-state index is 14.2. The molecule has 1 N–H and O–H groups in total. The number of amides is 2. The molecule has 5 heteroatoms. The Morgan fingerprint density at radius 2 is 2.12 bits per heavy atom. The summed E-state index contributed by atoms with van der Waals surface area (Å²) in [7, 11) is 0. The average molecular weight is 358 g/mol. The van der Waals surface area contributed by atoms with E-state index in [0.29, 0.717) is 5.92 Å². The largest absolute Gasteiger partial charge is 0.353 e. The first kappa shape index (κ1) is 17.5. The Morgan fingerprint density at radius 3 is 2.77 bits per heavy atom. The standard InChI is InChI=1S/C21H27FN2O2/c1-12-3-6-19(18(22)7-12)24-11-16(10-20(24)25)21(26)23-13(2)17-9-14-4-5-15(17)8-14/h3,6-7,13-17H,4-5,8-11H2,1-2H3,(H,23,26). The van der Waals surface area contributed by atoms with Crippen molar-refractivity contribution >= 4 is 17.5 Å². The monoisotopic (exact) mass is 358 g/mol. The molecule has 0 spiro atoms. The van der Waals surface area contributed by atoms with Gasteiger partial charge in [-0.15, -0.1) is 0 Å². The van der Waals surface area contributed by atoms with Gasteiger partial charge >= 0.3 is 0 Å². The maximum Gasteiger partial charge on any atom is 0.227 e. The van der Waals surface area contributed by atoms with E-state index in [4.69, 9.17) is 0 Å². The van der Waals surface area contributed by atoms with Crippen LogP contribution in [0.25, 0.3) is 0 Å². The number of carbonyl (C=O) groups is 2. The number of halogens is 1. The fourth-order valence-electron chi connectivity index (χ4n) is 5.30. The number of nitrogens with zero attached hydrogens (tertiary/aromatic N) is 1. The van der Waals surface area contributed by atoms with Crippen molar-refractivity contribution in [2.45, 2.75) is 52.0 Å². The van der Waals surface area contributed by atoms with Gasteiger partial charge in [-0.1, -0.05) is 12.5 Å². The molecule has 2 saturated carbocycles. The molecule has 2 amide bonds. The van der Waals surface area contributed by atoms with Gasteiger partial charge in [0.1, 0.15) is 5.82 Å². The van der Waals surface area contributed by atoms with E-state index in [-0.39, 0.29) is 36.5 Å². The van der Waals surface area contributed by atoms with Gasteiger partial charge in [0, 0.05) is 19.0 Å². The minimum Gasteiger partial charge on any atom is -0.353 e. The highest BCUT2D eigenvalue weighted by Gasteiger charge is 2.43. The quantitative estimate of drug-likeness (QED) is 0.896. The van der Waals surface area contributed by atoms with Gasteiger partial charge in [-0.3, -0.25) is 9.59 Å². The number of benzene rings is 1. The van der Waals surface area contributed by atoms with Gasteiger partial charge in [-0.25, -0.2) is 4.39 Å². The lowest BCUT2D eigenvalue weighted by Crippen LogP contribution is -2.43. The molecule has 3 aliphatic rings. The number of hydrogen-bond acceptors (Lipinski definition) is 2. The van der Waals surface area contributed by atoms with Crippen molar-refractivity contribution in [3.05, 3.63) is 29.6 Å². The molecule has 2 aliphatic carbocycles. The van der Waals surface area contributed by atoms with Gasteiger partial charge in [0.2, 0.25) is 11.8 Å². The van der Waals surface area contributed by atoms with Gasteiger partial charge in [0.25, 0.3) is 0 Å². The molecule has 4 rings (SSSR count). The second-order valence-corrected chi connectivity index (χ2v) is 8.50. The number of rotatable bonds is 4. The molecule has 0 radical (unpaired) electrons. The van der Waals surface area contributed by atoms with E-state index in [9.17, 15) is 14.0 Å². The molecular weight excluding hydrogens is 331 g/mol. The van der Waals surface area contributed by atoms with Crippen molar-refractivity contribution in [1.29, 1.82) is 0 Å². The van der Waals surface area contributed by atoms with Gasteiger partial charge in [-0.2, -0.15) is 0 Å². The molecule has 1 saturated heterocycles. The van der Waals surface area contributed by atoms with Crippen molar-refractivity contribution in [1.82, 2.24) is 5.32 Å². The molecule has 0 aromatic heterocycles. The summed E-state index contributed by atoms with van der Waals surface area (Å²) in [6.45, 7) is 4.16. The third-order valence-electron chi connectivity index (χ3n) is 6.69. The van der Waals surface area contributed by atoms with Gasteiger partial charge in [-0.05, 0) is 68.6 Å². The zero-order valence-corrected chi connectivity index (χ0v) is 15.5. The van der Waals surface area contributed by atoms with Gasteiger partial charge in [0.15, 0.2) is 0 Å². The fourth-order valence-corrected chi connectivity index (χ4v) is 5.30. The summed E-state index contributed by atoms with van der Waals surface area (Å²) < 4.78 is 14.2. The van der Waals surface area contributed by atoms with E-state index < -0.39 is 11.7 Å². The summed E-state index contributed by atoms with van der Waals surface area (Å²) in [5, 5.41) is 3.15. The van der Waals surface area contributed by atoms with Crippen molar-refractivity contribution in [2.24, 2.45) is 23.7 Å². The zero-order valence-electron chi connectivity index (χ0n) is 15.5. The normalized spacial score (nSPS) is 31.5. The van der Waals surface area contributed by atoms with Crippen LogP contribution in [0.15, 0.2) is 18.2 Å². The minimum absolute atomic E-state index is 0.0661. The molecule has 5 unspecified atom stereocenters. The summed E-state index contributed by atoms with van der Waals surface area (Å²) in [4.78, 5) is 26.5. The molecule has 5 atom stereocenters. The molecule has 140 valence electrons. The van der Waals surface area contributed by atoms with Crippen LogP contribution in [0, 0.1) is 36.4 Å². The van der Waals surface area contributed by atoms with Crippen LogP contribution in [0.5, 0.6) is 0 Å². The first-order chi connectivity index (χ1) is 12.4. The minimum atomic E-state index is -0.408. The Morgan fingerprint density at radius 1 is 1.31 bits per heavy atom. The first-order valence-corrected chi connectivity index (χ1v) is 9.79. The fraction of sp³-hybridized carbons (Fsp3) is 0.619. The molecule has 26 heavy (non-hydrogen) atoms. The Kier molecular flexibility index (Phi) is 4.49. The summed E-state index contributed by atoms with van der Waals surface area (Å²) in [5.41, 5.74) is 1.09. The number of hydrogen-bond donors (Lipinski definition) is 1. The van der Waals surface area contributed by atoms with Gasteiger partial charge < -0.3 is 10.2 Å². The first-order valence-electron chi connectivity index (χ1n) is 9.79. The predicted octanol–water partition coefficient (Wildman–Crippen LogP) is 3.43. The molecular formula is C21H27FN2O2. The predicted molar refractivity (Wildman–Crippen MR) is 98.1 cm³/mol. The Bertz CT molecular complexity index is 735. The van der Waals surface area contributed by atoms with Crippen LogP contribution in [0.1, 0.15) is 44.6 Å². The maximum absolute atomic E-state index is 14.2. The Balaban J connectivity index is 1.39. The van der Waals surface area contributed by atoms with Crippen molar-refractivity contribution in [2.75, 3.05) is 11.4 Å². The van der Waals surface area contributed by atoms with Crippen molar-refractivity contribution in [3.8, 4) is 0 Å². The SMILES string of the molecule is Cc1ccc(N2CC(C(=O)NC(C)C3CC4CCC3C4)CC2=O)c(F)c1. The number of fused-ring (bicyclic) bond motifs is 2. The van der Waals surface area contributed by atoms with Gasteiger partial charge in [0.05, 0.1) is 11.6 Å². The van der Waals surface area contributed by atoms with Crippen LogP contribution >= 0.6 is 0 Å². The van der Waals surface area contributed by atoms with E-state index in [0.717, 1.165) is 17.4 Å². The van der Waals surface area contributed by atoms with Crippen molar-refractivity contribution < 1.29 is 14.0 Å². The summed E-state index contributed by atoms with van der Waals surface area (Å²) in [5.74, 6) is 1.11. The van der Waals surface area contributed by atoms with E-state index >= 15 is 0 Å². The van der Waals surface area contributed by atoms with Crippen LogP contribution < -0.4 is 10.2 Å². The van der Waals surface area contributed by atoms with E-state index in [1.165, 1.54) is 36.6 Å². The van der Waals surface area contributed by atoms with Crippen LogP contribution in [0.3, 0.4) is 0 Å². The molecule has 1 aromatic carbocycles. The van der Waals surface area contributed by atoms with Crippen molar-refractivity contribution in [3.63, 3.8) is 0 Å². The second-order valence-electron chi connectivity index (χ2n) is 8.50. The Labute approximate surface area is 154 Å². The molecule has 1 heterocycles. The lowest BCUT2D eigenvalue weighted by Gasteiger charge is -2.29. The zero-order chi connectivity index (χ0) is 18.4. The van der Waals surface area contributed by atoms with E-state index in [1.807, 2.05) is 6.92 Å². The van der Waals surface area contributed by atoms with Crippen LogP contribution in [-0.4, -0.2) is 24.4 Å². The number of carbonyl (C=O) groups excluding carboxylic acids is 2. The third-order valence-corrected chi connectivity index (χ3v) is 6.69. The molecule has 3 fully saturated rings. The molecule has 1 aliphatic heterocycles. The van der Waals surface area contributed by atoms with Crippen LogP contribution in [0.2, 0.25) is 0 Å². The highest BCUT2D eigenvalue weighted by Crippen LogP contribution is 2.49. The average Bonchev–Trinajstić information content (AvgIpc) is 3.30. The third kappa shape index (κ3) is 3.12. The summed E-state index contributed by atoms with van der Waals surface area (Å²) >= 11 is 0. The molecule has 1 aromatic rings. The number of aryl methyl sites for hydroxylation is 1. The molecule has 2 bridgehead atoms. The molecule has 4 nitrogen and oxygen atoms in total. The van der Waals surface area contributed by atoms with Crippen LogP contribution in [0.4, 0.5) is 10.1 Å². The Hall–Kier alpha value is -1.91. The lowest BCUT2D eigenvalue weighted by molar-refractivity contribution is -0.127. The smallest absolute Gasteiger partial charge is 0.227 e. The lowest BCUT2D eigenvalue weighted by atomic mass is 9.84. The number of nitrogens with one attached hydrogen (secondary N) is 1.